The fraction of sp³-hybridized carbons (Fsp3) is 0.462. The van der Waals surface area contributed by atoms with E-state index in [-0.39, 0.29) is 40.0 Å². The Morgan fingerprint density at radius 3 is 2.81 bits per heavy atom. The summed E-state index contributed by atoms with van der Waals surface area (Å²) >= 11 is 5.81. The molecule has 2 N–H and O–H groups in total. The van der Waals surface area contributed by atoms with Gasteiger partial charge in [0.25, 0.3) is 0 Å². The average molecular weight is 350 g/mol. The third kappa shape index (κ3) is 4.31. The van der Waals surface area contributed by atoms with Crippen LogP contribution in [-0.2, 0) is 10.0 Å². The smallest absolute Gasteiger partial charge is 0.240 e. The first-order chi connectivity index (χ1) is 9.44. The van der Waals surface area contributed by atoms with E-state index in [0.29, 0.717) is 0 Å². The van der Waals surface area contributed by atoms with Gasteiger partial charge in [-0.1, -0.05) is 11.6 Å². The van der Waals surface area contributed by atoms with E-state index in [0.717, 1.165) is 19.4 Å². The van der Waals surface area contributed by atoms with Gasteiger partial charge in [-0.3, -0.25) is 0 Å². The molecule has 0 spiro atoms. The van der Waals surface area contributed by atoms with Gasteiger partial charge in [-0.25, -0.2) is 13.1 Å². The lowest BCUT2D eigenvalue weighted by atomic mass is 10.0. The summed E-state index contributed by atoms with van der Waals surface area (Å²) in [6.45, 7) is 2.85. The number of nitriles is 1. The molecule has 0 aliphatic carbocycles. The van der Waals surface area contributed by atoms with E-state index in [4.69, 9.17) is 16.9 Å². The van der Waals surface area contributed by atoms with Crippen molar-refractivity contribution in [3.05, 3.63) is 28.8 Å². The van der Waals surface area contributed by atoms with Crippen molar-refractivity contribution in [2.75, 3.05) is 6.54 Å². The minimum atomic E-state index is -3.64. The van der Waals surface area contributed by atoms with Gasteiger partial charge in [-0.05, 0) is 44.5 Å². The first-order valence-corrected chi connectivity index (χ1v) is 8.25. The zero-order chi connectivity index (χ0) is 14.8. The van der Waals surface area contributed by atoms with Gasteiger partial charge in [-0.15, -0.1) is 12.4 Å². The Balaban J connectivity index is 0.00000220. The Bertz CT molecular complexity index is 643. The molecule has 116 valence electrons. The van der Waals surface area contributed by atoms with Gasteiger partial charge in [0.2, 0.25) is 10.0 Å². The van der Waals surface area contributed by atoms with Crippen LogP contribution >= 0.6 is 24.0 Å². The van der Waals surface area contributed by atoms with Gasteiger partial charge in [-0.2, -0.15) is 5.26 Å². The summed E-state index contributed by atoms with van der Waals surface area (Å²) in [4.78, 5) is 0.0659. The molecule has 0 bridgehead atoms. The quantitative estimate of drug-likeness (QED) is 0.874. The van der Waals surface area contributed by atoms with E-state index < -0.39 is 10.0 Å². The van der Waals surface area contributed by atoms with E-state index in [2.05, 4.69) is 10.0 Å². The van der Waals surface area contributed by atoms with Crippen molar-refractivity contribution < 1.29 is 8.42 Å². The lowest BCUT2D eigenvalue weighted by Crippen LogP contribution is -2.51. The number of nitrogens with one attached hydrogen (secondary N) is 2. The van der Waals surface area contributed by atoms with Crippen LogP contribution in [0, 0.1) is 11.3 Å². The number of sulfonamides is 1. The highest BCUT2D eigenvalue weighted by Crippen LogP contribution is 2.20. The molecule has 1 aromatic carbocycles. The number of hydrogen-bond acceptors (Lipinski definition) is 4. The van der Waals surface area contributed by atoms with Crippen LogP contribution in [0.3, 0.4) is 0 Å². The largest absolute Gasteiger partial charge is 0.313 e. The normalized spacial score (nSPS) is 22.1. The molecule has 1 fully saturated rings. The van der Waals surface area contributed by atoms with E-state index in [1.54, 1.807) is 0 Å². The van der Waals surface area contributed by atoms with Gasteiger partial charge in [0, 0.05) is 12.1 Å². The molecule has 1 aliphatic heterocycles. The number of halogens is 2. The number of hydrogen-bond donors (Lipinski definition) is 2. The van der Waals surface area contributed by atoms with Gasteiger partial charge in [0.15, 0.2) is 0 Å². The maximum atomic E-state index is 12.3. The van der Waals surface area contributed by atoms with Crippen LogP contribution in [0.5, 0.6) is 0 Å². The molecule has 8 heteroatoms. The molecule has 5 nitrogen and oxygen atoms in total. The Labute approximate surface area is 136 Å². The SMILES string of the molecule is CC1NCCCC1NS(=O)(=O)c1ccc(Cl)c(C#N)c1.Cl. The molecule has 2 rings (SSSR count). The lowest BCUT2D eigenvalue weighted by Gasteiger charge is -2.30. The number of piperidine rings is 1. The minimum Gasteiger partial charge on any atom is -0.313 e. The summed E-state index contributed by atoms with van der Waals surface area (Å²) in [5.41, 5.74) is 0.157. The first kappa shape index (κ1) is 18.2. The number of nitrogens with zero attached hydrogens (tertiary/aromatic N) is 1. The van der Waals surface area contributed by atoms with Crippen LogP contribution in [0.25, 0.3) is 0 Å². The third-order valence-corrected chi connectivity index (χ3v) is 5.25. The Morgan fingerprint density at radius 1 is 1.48 bits per heavy atom. The molecule has 0 saturated carbocycles. The fourth-order valence-corrected chi connectivity index (χ4v) is 3.77. The first-order valence-electron chi connectivity index (χ1n) is 6.39. The van der Waals surface area contributed by atoms with Crippen LogP contribution in [-0.4, -0.2) is 27.0 Å². The second kappa shape index (κ2) is 7.43. The second-order valence-corrected chi connectivity index (χ2v) is 6.99. The average Bonchev–Trinajstić information content (AvgIpc) is 2.41. The predicted molar refractivity (Wildman–Crippen MR) is 84.2 cm³/mol. The molecule has 2 unspecified atom stereocenters. The van der Waals surface area contributed by atoms with E-state index in [1.165, 1.54) is 18.2 Å². The summed E-state index contributed by atoms with van der Waals surface area (Å²) in [6.07, 6.45) is 1.73. The molecular formula is C13H17Cl2N3O2S. The monoisotopic (exact) mass is 349 g/mol. The number of benzene rings is 1. The summed E-state index contributed by atoms with van der Waals surface area (Å²) < 4.78 is 27.4. The Morgan fingerprint density at radius 2 is 2.19 bits per heavy atom. The summed E-state index contributed by atoms with van der Waals surface area (Å²) in [7, 11) is -3.64. The summed E-state index contributed by atoms with van der Waals surface area (Å²) in [5, 5.41) is 12.4. The van der Waals surface area contributed by atoms with Gasteiger partial charge < -0.3 is 5.32 Å². The van der Waals surface area contributed by atoms with Gasteiger partial charge in [0.05, 0.1) is 15.5 Å². The summed E-state index contributed by atoms with van der Waals surface area (Å²) in [5.74, 6) is 0. The van der Waals surface area contributed by atoms with Crippen molar-refractivity contribution in [2.45, 2.75) is 36.7 Å². The molecule has 1 aliphatic rings. The maximum Gasteiger partial charge on any atom is 0.240 e. The minimum absolute atomic E-state index is 0. The lowest BCUT2D eigenvalue weighted by molar-refractivity contribution is 0.349. The molecule has 2 atom stereocenters. The Hall–Kier alpha value is -0.840. The van der Waals surface area contributed by atoms with Crippen LogP contribution in [0.4, 0.5) is 0 Å². The van der Waals surface area contributed by atoms with Crippen molar-refractivity contribution in [2.24, 2.45) is 0 Å². The standard InChI is InChI=1S/C13H16ClN3O2S.ClH/c1-9-13(3-2-6-16-9)17-20(18,19)11-4-5-12(14)10(7-11)8-15;/h4-5,7,9,13,16-17H,2-3,6H2,1H3;1H. The van der Waals surface area contributed by atoms with Crippen molar-refractivity contribution in [3.8, 4) is 6.07 Å². The zero-order valence-electron chi connectivity index (χ0n) is 11.5. The molecular weight excluding hydrogens is 333 g/mol. The highest BCUT2D eigenvalue weighted by atomic mass is 35.5. The van der Waals surface area contributed by atoms with Gasteiger partial charge >= 0.3 is 0 Å². The van der Waals surface area contributed by atoms with E-state index in [1.807, 2.05) is 13.0 Å². The van der Waals surface area contributed by atoms with Crippen molar-refractivity contribution in [1.29, 1.82) is 5.26 Å². The maximum absolute atomic E-state index is 12.3. The molecule has 0 radical (unpaired) electrons. The van der Waals surface area contributed by atoms with E-state index in [9.17, 15) is 8.42 Å². The highest BCUT2D eigenvalue weighted by Gasteiger charge is 2.26. The predicted octanol–water partition coefficient (Wildman–Crippen LogP) is 2.05. The Kier molecular flexibility index (Phi) is 6.44. The second-order valence-electron chi connectivity index (χ2n) is 4.87. The fourth-order valence-electron chi connectivity index (χ4n) is 2.23. The summed E-state index contributed by atoms with van der Waals surface area (Å²) in [6, 6.07) is 5.96. The number of rotatable bonds is 3. The van der Waals surface area contributed by atoms with Crippen molar-refractivity contribution in [1.82, 2.24) is 10.0 Å². The van der Waals surface area contributed by atoms with Crippen LogP contribution in [0.1, 0.15) is 25.3 Å². The van der Waals surface area contributed by atoms with Gasteiger partial charge in [0.1, 0.15) is 6.07 Å². The third-order valence-electron chi connectivity index (χ3n) is 3.44. The topological polar surface area (TPSA) is 82.0 Å². The molecule has 0 amide bonds. The molecule has 1 aromatic rings. The van der Waals surface area contributed by atoms with Crippen molar-refractivity contribution >= 4 is 34.0 Å². The zero-order valence-corrected chi connectivity index (χ0v) is 13.9. The molecule has 0 aromatic heterocycles. The van der Waals surface area contributed by atoms with Crippen LogP contribution < -0.4 is 10.0 Å². The van der Waals surface area contributed by atoms with E-state index >= 15 is 0 Å². The van der Waals surface area contributed by atoms with Crippen LogP contribution in [0.2, 0.25) is 5.02 Å². The van der Waals surface area contributed by atoms with Crippen molar-refractivity contribution in [3.63, 3.8) is 0 Å². The molecule has 1 heterocycles. The molecule has 21 heavy (non-hydrogen) atoms. The highest BCUT2D eigenvalue weighted by molar-refractivity contribution is 7.89. The molecule has 1 saturated heterocycles. The van der Waals surface area contributed by atoms with Crippen LogP contribution in [0.15, 0.2) is 23.1 Å².